The van der Waals surface area contributed by atoms with Crippen molar-refractivity contribution in [3.63, 3.8) is 0 Å². The molecule has 0 atom stereocenters. The van der Waals surface area contributed by atoms with Crippen LogP contribution in [0.4, 0.5) is 11.4 Å². The molecule has 2 fully saturated rings. The van der Waals surface area contributed by atoms with Gasteiger partial charge in [0.2, 0.25) is 6.41 Å². The molecule has 5 rings (SSSR count). The maximum Gasteiger partial charge on any atom is 0.270 e. The molecule has 11 heteroatoms. The maximum atomic E-state index is 12.2. The fraction of sp³-hybridized carbons (Fsp3) is 0.357. The molecule has 0 spiro atoms. The van der Waals surface area contributed by atoms with E-state index in [4.69, 9.17) is 32.5 Å². The summed E-state index contributed by atoms with van der Waals surface area (Å²) < 4.78 is 12.2. The van der Waals surface area contributed by atoms with E-state index in [1.165, 1.54) is 4.90 Å². The van der Waals surface area contributed by atoms with Crippen LogP contribution in [0.25, 0.3) is 11.3 Å². The summed E-state index contributed by atoms with van der Waals surface area (Å²) in [5, 5.41) is 8.97. The zero-order valence-corrected chi connectivity index (χ0v) is 23.0. The first-order valence-electron chi connectivity index (χ1n) is 12.9. The lowest BCUT2D eigenvalue weighted by molar-refractivity contribution is -0.111. The average Bonchev–Trinajstić information content (AvgIpc) is 3.72. The van der Waals surface area contributed by atoms with Crippen LogP contribution in [0, 0.1) is 0 Å². The van der Waals surface area contributed by atoms with Gasteiger partial charge in [0, 0.05) is 48.6 Å². The molecule has 0 bridgehead atoms. The minimum Gasteiger partial charge on any atom is -0.373 e. The van der Waals surface area contributed by atoms with Crippen LogP contribution < -0.4 is 15.2 Å². The molecule has 1 saturated carbocycles. The molecule has 9 nitrogen and oxygen atoms in total. The normalized spacial score (nSPS) is 16.0. The van der Waals surface area contributed by atoms with Gasteiger partial charge >= 0.3 is 0 Å². The summed E-state index contributed by atoms with van der Waals surface area (Å²) in [5.74, 6) is 0.923. The minimum atomic E-state index is -0.340. The number of amides is 2. The van der Waals surface area contributed by atoms with Gasteiger partial charge < -0.3 is 19.1 Å². The maximum absolute atomic E-state index is 12.2. The van der Waals surface area contributed by atoms with Crippen molar-refractivity contribution in [2.75, 3.05) is 29.9 Å². The van der Waals surface area contributed by atoms with Gasteiger partial charge in [-0.3, -0.25) is 9.59 Å². The summed E-state index contributed by atoms with van der Waals surface area (Å²) in [6, 6.07) is 13.2. The molecule has 0 unspecified atom stereocenters. The molecule has 1 aliphatic carbocycles. The zero-order valence-electron chi connectivity index (χ0n) is 21.5. The first-order valence-corrected chi connectivity index (χ1v) is 13.6. The van der Waals surface area contributed by atoms with E-state index < -0.39 is 0 Å². The number of piperidine rings is 1. The number of rotatable bonds is 10. The van der Waals surface area contributed by atoms with Crippen molar-refractivity contribution in [3.05, 3.63) is 63.8 Å². The molecule has 1 saturated heterocycles. The SMILES string of the molecule is CN(C(=O)/C=N\NC=O)c1ccc(N2CCC(OCc3c(-c4c(Cl)cccc4Cl)noc3C3CC3)CC2)cc1. The van der Waals surface area contributed by atoms with Crippen molar-refractivity contribution in [2.24, 2.45) is 5.10 Å². The van der Waals surface area contributed by atoms with Crippen molar-refractivity contribution in [1.29, 1.82) is 0 Å². The number of hydrogen-bond acceptors (Lipinski definition) is 7. The van der Waals surface area contributed by atoms with Gasteiger partial charge in [-0.25, -0.2) is 5.43 Å². The highest BCUT2D eigenvalue weighted by atomic mass is 35.5. The van der Waals surface area contributed by atoms with E-state index in [9.17, 15) is 9.59 Å². The van der Waals surface area contributed by atoms with E-state index in [-0.39, 0.29) is 12.0 Å². The van der Waals surface area contributed by atoms with E-state index in [0.29, 0.717) is 40.2 Å². The minimum absolute atomic E-state index is 0.111. The first kappa shape index (κ1) is 27.2. The largest absolute Gasteiger partial charge is 0.373 e. The summed E-state index contributed by atoms with van der Waals surface area (Å²) in [6.45, 7) is 2.11. The van der Waals surface area contributed by atoms with Crippen LogP contribution in [-0.4, -0.2) is 49.9 Å². The highest BCUT2D eigenvalue weighted by Gasteiger charge is 2.34. The Kier molecular flexibility index (Phi) is 8.50. The lowest BCUT2D eigenvalue weighted by Gasteiger charge is -2.33. The lowest BCUT2D eigenvalue weighted by Crippen LogP contribution is -2.37. The van der Waals surface area contributed by atoms with Crippen LogP contribution >= 0.6 is 23.2 Å². The van der Waals surface area contributed by atoms with Crippen LogP contribution in [0.5, 0.6) is 0 Å². The molecule has 2 aromatic carbocycles. The number of halogens is 2. The Morgan fingerprint density at radius 3 is 2.49 bits per heavy atom. The van der Waals surface area contributed by atoms with Crippen LogP contribution in [0.2, 0.25) is 10.0 Å². The molecule has 2 aliphatic rings. The number of anilines is 2. The molecule has 204 valence electrons. The zero-order chi connectivity index (χ0) is 27.4. The van der Waals surface area contributed by atoms with Crippen LogP contribution in [0.15, 0.2) is 52.1 Å². The van der Waals surface area contributed by atoms with Gasteiger partial charge in [-0.2, -0.15) is 5.10 Å². The predicted molar refractivity (Wildman–Crippen MR) is 152 cm³/mol. The summed E-state index contributed by atoms with van der Waals surface area (Å²) in [6.07, 6.45) is 5.51. The Hall–Kier alpha value is -3.40. The molecule has 2 amide bonds. The molecule has 1 N–H and O–H groups in total. The second-order valence-electron chi connectivity index (χ2n) is 9.66. The van der Waals surface area contributed by atoms with E-state index in [2.05, 4.69) is 20.6 Å². The number of ether oxygens (including phenoxy) is 1. The highest BCUT2D eigenvalue weighted by Crippen LogP contribution is 2.46. The standard InChI is InChI=1S/C28H29Cl2N5O4/c1-34(25(37)15-31-32-17-36)19-7-9-20(10-8-19)35-13-11-21(12-14-35)38-16-22-27(33-39-28(22)18-5-6-18)26-23(29)3-2-4-24(26)30/h2-4,7-10,15,17-18,21H,5-6,11-14,16H2,1H3,(H,32,36)/b31-15-. The van der Waals surface area contributed by atoms with Crippen LogP contribution in [-0.2, 0) is 20.9 Å². The second-order valence-corrected chi connectivity index (χ2v) is 10.5. The number of carbonyl (C=O) groups is 2. The van der Waals surface area contributed by atoms with E-state index in [1.54, 1.807) is 19.2 Å². The number of hydrogen-bond donors (Lipinski definition) is 1. The fourth-order valence-electron chi connectivity index (χ4n) is 4.75. The van der Waals surface area contributed by atoms with E-state index in [1.807, 2.05) is 30.3 Å². The summed E-state index contributed by atoms with van der Waals surface area (Å²) in [5.41, 5.74) is 6.20. The number of nitrogens with zero attached hydrogens (tertiary/aromatic N) is 4. The van der Waals surface area contributed by atoms with Crippen LogP contribution in [0.1, 0.15) is 42.9 Å². The van der Waals surface area contributed by atoms with E-state index >= 15 is 0 Å². The molecule has 3 aromatic rings. The van der Waals surface area contributed by atoms with Crippen molar-refractivity contribution < 1.29 is 18.8 Å². The number of benzene rings is 2. The molecule has 1 aromatic heterocycles. The summed E-state index contributed by atoms with van der Waals surface area (Å²) in [4.78, 5) is 26.2. The van der Waals surface area contributed by atoms with Crippen molar-refractivity contribution in [3.8, 4) is 11.3 Å². The molecule has 2 heterocycles. The third-order valence-electron chi connectivity index (χ3n) is 7.11. The monoisotopic (exact) mass is 569 g/mol. The smallest absolute Gasteiger partial charge is 0.270 e. The second kappa shape index (κ2) is 12.2. The van der Waals surface area contributed by atoms with Gasteiger partial charge in [-0.05, 0) is 62.1 Å². The first-order chi connectivity index (χ1) is 19.0. The Morgan fingerprint density at radius 1 is 1.15 bits per heavy atom. The van der Waals surface area contributed by atoms with Gasteiger partial charge in [0.15, 0.2) is 0 Å². The molecule has 39 heavy (non-hydrogen) atoms. The van der Waals surface area contributed by atoms with Crippen LogP contribution in [0.3, 0.4) is 0 Å². The van der Waals surface area contributed by atoms with Crippen molar-refractivity contribution in [1.82, 2.24) is 10.6 Å². The van der Waals surface area contributed by atoms with Gasteiger partial charge in [0.1, 0.15) is 17.7 Å². The number of carbonyl (C=O) groups excluding carboxylic acids is 2. The summed E-state index contributed by atoms with van der Waals surface area (Å²) >= 11 is 13.0. The van der Waals surface area contributed by atoms with Gasteiger partial charge in [0.05, 0.1) is 22.8 Å². The predicted octanol–water partition coefficient (Wildman–Crippen LogP) is 5.41. The number of aromatic nitrogens is 1. The van der Waals surface area contributed by atoms with Gasteiger partial charge in [-0.15, -0.1) is 0 Å². The lowest BCUT2D eigenvalue weighted by atomic mass is 10.0. The molecule has 1 aliphatic heterocycles. The highest BCUT2D eigenvalue weighted by molar-refractivity contribution is 6.39. The topological polar surface area (TPSA) is 100 Å². The average molecular weight is 570 g/mol. The molecular weight excluding hydrogens is 541 g/mol. The summed E-state index contributed by atoms with van der Waals surface area (Å²) in [7, 11) is 1.66. The fourth-order valence-corrected chi connectivity index (χ4v) is 5.33. The Labute approximate surface area is 236 Å². The third kappa shape index (κ3) is 6.27. The van der Waals surface area contributed by atoms with Crippen molar-refractivity contribution >= 4 is 53.1 Å². The quantitative estimate of drug-likeness (QED) is 0.199. The van der Waals surface area contributed by atoms with Gasteiger partial charge in [-0.1, -0.05) is 34.4 Å². The Balaban J connectivity index is 1.19. The Morgan fingerprint density at radius 2 is 1.85 bits per heavy atom. The third-order valence-corrected chi connectivity index (χ3v) is 7.74. The Bertz CT molecular complexity index is 1330. The number of hydrazone groups is 1. The van der Waals surface area contributed by atoms with Crippen molar-refractivity contribution in [2.45, 2.75) is 44.3 Å². The number of nitrogens with one attached hydrogen (secondary N) is 1. The van der Waals surface area contributed by atoms with Gasteiger partial charge in [0.25, 0.3) is 5.91 Å². The molecule has 0 radical (unpaired) electrons. The van der Waals surface area contributed by atoms with E-state index in [0.717, 1.165) is 67.7 Å². The molecular formula is C28H29Cl2N5O4.